The lowest BCUT2D eigenvalue weighted by Crippen LogP contribution is -2.12. The Morgan fingerprint density at radius 1 is 1.33 bits per heavy atom. The number of rotatable bonds is 5. The van der Waals surface area contributed by atoms with Gasteiger partial charge in [0.1, 0.15) is 0 Å². The minimum Gasteiger partial charge on any atom is -0.260 e. The molecule has 0 aliphatic carbocycles. The normalized spacial score (nSPS) is 12.4. The van der Waals surface area contributed by atoms with Crippen molar-refractivity contribution < 1.29 is 17.2 Å². The molecule has 0 spiro atoms. The fourth-order valence-electron chi connectivity index (χ4n) is 1.51. The van der Waals surface area contributed by atoms with Gasteiger partial charge < -0.3 is 0 Å². The van der Waals surface area contributed by atoms with Crippen LogP contribution in [0.1, 0.15) is 37.4 Å². The Morgan fingerprint density at radius 3 is 2.44 bits per heavy atom. The van der Waals surface area contributed by atoms with E-state index in [0.29, 0.717) is 5.69 Å². The second-order valence-electron chi connectivity index (χ2n) is 4.51. The Hall–Kier alpha value is -1.04. The summed E-state index contributed by atoms with van der Waals surface area (Å²) in [5, 5.41) is 0. The molecule has 0 N–H and O–H groups in total. The summed E-state index contributed by atoms with van der Waals surface area (Å²) >= 11 is 0. The van der Waals surface area contributed by atoms with Crippen LogP contribution < -0.4 is 0 Å². The average Bonchev–Trinajstić information content (AvgIpc) is 2.26. The number of aromatic nitrogens is 1. The average molecular weight is 277 g/mol. The van der Waals surface area contributed by atoms with E-state index in [2.05, 4.69) is 4.98 Å². The van der Waals surface area contributed by atoms with Crippen LogP contribution in [0.25, 0.3) is 0 Å². The maximum atomic E-state index is 12.1. The molecule has 0 fully saturated rings. The summed E-state index contributed by atoms with van der Waals surface area (Å²) < 4.78 is 48.1. The highest BCUT2D eigenvalue weighted by Crippen LogP contribution is 2.22. The summed E-state index contributed by atoms with van der Waals surface area (Å²) in [6, 6.07) is 1.54. The van der Waals surface area contributed by atoms with Crippen LogP contribution >= 0.6 is 0 Å². The fraction of sp³-hybridized carbons (Fsp3) is 0.583. The smallest absolute Gasteiger partial charge is 0.239 e. The van der Waals surface area contributed by atoms with E-state index in [0.717, 1.165) is 5.56 Å². The Bertz CT molecular complexity index is 513. The van der Waals surface area contributed by atoms with E-state index in [1.54, 1.807) is 13.1 Å². The van der Waals surface area contributed by atoms with Crippen LogP contribution in [0.2, 0.25) is 0 Å². The van der Waals surface area contributed by atoms with Crippen molar-refractivity contribution in [2.24, 2.45) is 0 Å². The molecule has 1 rings (SSSR count). The molecule has 0 aromatic carbocycles. The first-order valence-electron chi connectivity index (χ1n) is 5.71. The summed E-state index contributed by atoms with van der Waals surface area (Å²) in [4.78, 5) is 4.09. The summed E-state index contributed by atoms with van der Waals surface area (Å²) in [7, 11) is -3.68. The number of sulfone groups is 1. The van der Waals surface area contributed by atoms with Gasteiger partial charge in [0.05, 0.1) is 16.3 Å². The highest BCUT2D eigenvalue weighted by molar-refractivity contribution is 7.91. The number of hydrogen-bond acceptors (Lipinski definition) is 3. The maximum absolute atomic E-state index is 12.1. The number of halogens is 2. The zero-order valence-electron chi connectivity index (χ0n) is 10.7. The predicted molar refractivity (Wildman–Crippen MR) is 65.7 cm³/mol. The van der Waals surface area contributed by atoms with Crippen molar-refractivity contribution in [1.82, 2.24) is 4.98 Å². The molecule has 1 aromatic rings. The predicted octanol–water partition coefficient (Wildman–Crippen LogP) is 2.94. The van der Waals surface area contributed by atoms with Crippen LogP contribution in [0.3, 0.4) is 0 Å². The van der Waals surface area contributed by atoms with Crippen LogP contribution in [0, 0.1) is 6.92 Å². The molecule has 0 aliphatic rings. The van der Waals surface area contributed by atoms with Gasteiger partial charge in [-0.05, 0) is 24.5 Å². The van der Waals surface area contributed by atoms with Crippen molar-refractivity contribution in [2.45, 2.75) is 44.4 Å². The lowest BCUT2D eigenvalue weighted by Gasteiger charge is -2.11. The van der Waals surface area contributed by atoms with Crippen molar-refractivity contribution in [2.75, 3.05) is 5.75 Å². The molecular weight excluding hydrogens is 260 g/mol. The second-order valence-corrected chi connectivity index (χ2v) is 6.58. The third-order valence-electron chi connectivity index (χ3n) is 2.67. The standard InChI is InChI=1S/C12H17F2NO2S/c1-8(2)10-6-11(9(3)15-7-10)18(16,17)5-4-12(13)14/h6-8,12H,4-5H2,1-3H3. The Labute approximate surface area is 106 Å². The van der Waals surface area contributed by atoms with Crippen molar-refractivity contribution >= 4 is 9.84 Å². The molecular formula is C12H17F2NO2S. The van der Waals surface area contributed by atoms with E-state index in [1.807, 2.05) is 13.8 Å². The molecule has 0 aliphatic heterocycles. The lowest BCUT2D eigenvalue weighted by atomic mass is 10.1. The molecule has 18 heavy (non-hydrogen) atoms. The molecule has 0 unspecified atom stereocenters. The molecule has 0 saturated carbocycles. The third kappa shape index (κ3) is 3.73. The summed E-state index contributed by atoms with van der Waals surface area (Å²) in [5.74, 6) is -0.406. The van der Waals surface area contributed by atoms with E-state index in [-0.39, 0.29) is 10.8 Å². The third-order valence-corrected chi connectivity index (χ3v) is 4.52. The van der Waals surface area contributed by atoms with Crippen molar-refractivity contribution in [3.05, 3.63) is 23.5 Å². The topological polar surface area (TPSA) is 47.0 Å². The summed E-state index contributed by atoms with van der Waals surface area (Å²) in [6.07, 6.45) is -1.64. The Kier molecular flexibility index (Phi) is 4.78. The zero-order chi connectivity index (χ0) is 13.9. The van der Waals surface area contributed by atoms with Gasteiger partial charge in [0.25, 0.3) is 0 Å². The molecule has 0 radical (unpaired) electrons. The first-order valence-corrected chi connectivity index (χ1v) is 7.36. The van der Waals surface area contributed by atoms with E-state index in [4.69, 9.17) is 0 Å². The largest absolute Gasteiger partial charge is 0.260 e. The van der Waals surface area contributed by atoms with E-state index < -0.39 is 28.4 Å². The van der Waals surface area contributed by atoms with Gasteiger partial charge in [0.15, 0.2) is 9.84 Å². The number of hydrogen-bond donors (Lipinski definition) is 0. The van der Waals surface area contributed by atoms with Gasteiger partial charge in [-0.3, -0.25) is 4.98 Å². The van der Waals surface area contributed by atoms with Crippen molar-refractivity contribution in [3.63, 3.8) is 0 Å². The summed E-state index contributed by atoms with van der Waals surface area (Å²) in [6.45, 7) is 5.41. The molecule has 0 amide bonds. The van der Waals surface area contributed by atoms with Gasteiger partial charge in [-0.2, -0.15) is 0 Å². The Morgan fingerprint density at radius 2 is 1.94 bits per heavy atom. The van der Waals surface area contributed by atoms with Gasteiger partial charge >= 0.3 is 0 Å². The van der Waals surface area contributed by atoms with Gasteiger partial charge in [0.2, 0.25) is 6.43 Å². The van der Waals surface area contributed by atoms with E-state index >= 15 is 0 Å². The molecule has 1 aromatic heterocycles. The molecule has 6 heteroatoms. The molecule has 1 heterocycles. The lowest BCUT2D eigenvalue weighted by molar-refractivity contribution is 0.145. The van der Waals surface area contributed by atoms with Gasteiger partial charge in [-0.25, -0.2) is 17.2 Å². The first-order chi connectivity index (χ1) is 8.24. The molecule has 102 valence electrons. The van der Waals surface area contributed by atoms with E-state index in [9.17, 15) is 17.2 Å². The number of alkyl halides is 2. The molecule has 0 bridgehead atoms. The van der Waals surface area contributed by atoms with Gasteiger partial charge in [0, 0.05) is 12.6 Å². The Balaban J connectivity index is 3.11. The van der Waals surface area contributed by atoms with Crippen LogP contribution in [0.4, 0.5) is 8.78 Å². The molecule has 0 atom stereocenters. The quantitative estimate of drug-likeness (QED) is 0.831. The second kappa shape index (κ2) is 5.73. The first kappa shape index (κ1) is 15.0. The molecule has 0 saturated heterocycles. The SMILES string of the molecule is Cc1ncc(C(C)C)cc1S(=O)(=O)CCC(F)F. The van der Waals surface area contributed by atoms with Crippen LogP contribution in [-0.4, -0.2) is 25.6 Å². The number of nitrogens with zero attached hydrogens (tertiary/aromatic N) is 1. The van der Waals surface area contributed by atoms with Crippen LogP contribution in [0.5, 0.6) is 0 Å². The van der Waals surface area contributed by atoms with E-state index in [1.165, 1.54) is 6.07 Å². The molecule has 3 nitrogen and oxygen atoms in total. The maximum Gasteiger partial charge on any atom is 0.239 e. The number of pyridine rings is 1. The van der Waals surface area contributed by atoms with Crippen molar-refractivity contribution in [1.29, 1.82) is 0 Å². The minimum atomic E-state index is -3.68. The minimum absolute atomic E-state index is 0.0642. The zero-order valence-corrected chi connectivity index (χ0v) is 11.5. The number of aryl methyl sites for hydroxylation is 1. The summed E-state index contributed by atoms with van der Waals surface area (Å²) in [5.41, 5.74) is 1.14. The van der Waals surface area contributed by atoms with Gasteiger partial charge in [-0.1, -0.05) is 13.8 Å². The van der Waals surface area contributed by atoms with Crippen LogP contribution in [0.15, 0.2) is 17.2 Å². The van der Waals surface area contributed by atoms with Gasteiger partial charge in [-0.15, -0.1) is 0 Å². The highest BCUT2D eigenvalue weighted by Gasteiger charge is 2.21. The monoisotopic (exact) mass is 277 g/mol. The van der Waals surface area contributed by atoms with Crippen molar-refractivity contribution in [3.8, 4) is 0 Å². The highest BCUT2D eigenvalue weighted by atomic mass is 32.2. The van der Waals surface area contributed by atoms with Crippen LogP contribution in [-0.2, 0) is 9.84 Å². The fourth-order valence-corrected chi connectivity index (χ4v) is 3.04.